The Kier molecular flexibility index (Phi) is 4.10. The van der Waals surface area contributed by atoms with E-state index < -0.39 is 0 Å². The predicted octanol–water partition coefficient (Wildman–Crippen LogP) is 3.02. The molecule has 3 heterocycles. The molecule has 22 heavy (non-hydrogen) atoms. The Morgan fingerprint density at radius 3 is 2.86 bits per heavy atom. The summed E-state index contributed by atoms with van der Waals surface area (Å²) in [6.45, 7) is 8.09. The van der Waals surface area contributed by atoms with E-state index in [0.29, 0.717) is 24.0 Å². The molecule has 0 radical (unpaired) electrons. The summed E-state index contributed by atoms with van der Waals surface area (Å²) in [5.41, 5.74) is 0.926. The molecule has 7 nitrogen and oxygen atoms in total. The molecule has 0 bridgehead atoms. The molecule has 3 aromatic heterocycles. The Morgan fingerprint density at radius 1 is 1.36 bits per heavy atom. The second kappa shape index (κ2) is 6.18. The van der Waals surface area contributed by atoms with Crippen LogP contribution in [0.4, 0.5) is 0 Å². The Balaban J connectivity index is 1.86. The quantitative estimate of drug-likeness (QED) is 0.510. The molecule has 0 aromatic carbocycles. The molecule has 0 saturated heterocycles. The fourth-order valence-corrected chi connectivity index (χ4v) is 2.82. The zero-order chi connectivity index (χ0) is 15.5. The predicted molar refractivity (Wildman–Crippen MR) is 81.3 cm³/mol. The number of hydrogen-bond donors (Lipinski definition) is 0. The number of nitrogens with zero attached hydrogens (tertiary/aromatic N) is 5. The fourth-order valence-electron chi connectivity index (χ4n) is 2.03. The first-order valence-electron chi connectivity index (χ1n) is 6.69. The summed E-state index contributed by atoms with van der Waals surface area (Å²) >= 11 is 1.49. The molecule has 0 fully saturated rings. The van der Waals surface area contributed by atoms with E-state index in [9.17, 15) is 0 Å². The van der Waals surface area contributed by atoms with Crippen LogP contribution < -0.4 is 0 Å². The molecule has 0 aliphatic heterocycles. The van der Waals surface area contributed by atoms with Gasteiger partial charge in [-0.15, -0.1) is 16.8 Å². The van der Waals surface area contributed by atoms with E-state index >= 15 is 0 Å². The second-order valence-corrected chi connectivity index (χ2v) is 5.56. The molecule has 114 valence electrons. The molecule has 0 spiro atoms. The summed E-state index contributed by atoms with van der Waals surface area (Å²) < 4.78 is 12.4. The highest BCUT2D eigenvalue weighted by molar-refractivity contribution is 7.98. The Morgan fingerprint density at radius 2 is 2.23 bits per heavy atom. The van der Waals surface area contributed by atoms with Crippen molar-refractivity contribution in [3.63, 3.8) is 0 Å². The molecule has 0 saturated carbocycles. The SMILES string of the molecule is C=CCn1c(SCc2nc(C)no2)nnc1-c1ccoc1C. The van der Waals surface area contributed by atoms with Crippen LogP contribution >= 0.6 is 11.8 Å². The smallest absolute Gasteiger partial charge is 0.237 e. The van der Waals surface area contributed by atoms with Gasteiger partial charge in [-0.05, 0) is 19.9 Å². The maximum absolute atomic E-state index is 5.35. The van der Waals surface area contributed by atoms with E-state index in [1.54, 1.807) is 13.2 Å². The summed E-state index contributed by atoms with van der Waals surface area (Å²) in [6.07, 6.45) is 3.45. The van der Waals surface area contributed by atoms with Gasteiger partial charge in [0.1, 0.15) is 5.76 Å². The van der Waals surface area contributed by atoms with Gasteiger partial charge in [-0.25, -0.2) is 0 Å². The van der Waals surface area contributed by atoms with E-state index in [-0.39, 0.29) is 0 Å². The van der Waals surface area contributed by atoms with E-state index in [2.05, 4.69) is 26.9 Å². The van der Waals surface area contributed by atoms with Crippen molar-refractivity contribution in [3.05, 3.63) is 42.5 Å². The lowest BCUT2D eigenvalue weighted by atomic mass is 10.2. The maximum Gasteiger partial charge on any atom is 0.237 e. The number of rotatable bonds is 6. The topological polar surface area (TPSA) is 82.8 Å². The fraction of sp³-hybridized carbons (Fsp3) is 0.286. The van der Waals surface area contributed by atoms with E-state index in [1.807, 2.05) is 23.6 Å². The number of thioether (sulfide) groups is 1. The molecular formula is C14H15N5O2S. The van der Waals surface area contributed by atoms with Gasteiger partial charge in [-0.1, -0.05) is 23.0 Å². The van der Waals surface area contributed by atoms with Crippen LogP contribution in [0.3, 0.4) is 0 Å². The van der Waals surface area contributed by atoms with E-state index in [0.717, 1.165) is 22.3 Å². The van der Waals surface area contributed by atoms with Crippen LogP contribution in [-0.2, 0) is 12.3 Å². The number of aromatic nitrogens is 5. The Labute approximate surface area is 131 Å². The lowest BCUT2D eigenvalue weighted by Crippen LogP contribution is -2.00. The number of aryl methyl sites for hydroxylation is 2. The first-order chi connectivity index (χ1) is 10.7. The van der Waals surface area contributed by atoms with Crippen LogP contribution in [0.2, 0.25) is 0 Å². The van der Waals surface area contributed by atoms with Crippen LogP contribution in [0.25, 0.3) is 11.4 Å². The summed E-state index contributed by atoms with van der Waals surface area (Å²) in [6, 6.07) is 1.88. The van der Waals surface area contributed by atoms with Crippen LogP contribution in [0, 0.1) is 13.8 Å². The van der Waals surface area contributed by atoms with Crippen LogP contribution in [0.15, 0.2) is 39.1 Å². The van der Waals surface area contributed by atoms with E-state index in [1.165, 1.54) is 11.8 Å². The molecule has 0 aliphatic carbocycles. The molecule has 0 N–H and O–H groups in total. The average molecular weight is 317 g/mol. The van der Waals surface area contributed by atoms with Crippen molar-refractivity contribution in [2.24, 2.45) is 0 Å². The Hall–Kier alpha value is -2.35. The van der Waals surface area contributed by atoms with Crippen molar-refractivity contribution >= 4 is 11.8 Å². The highest BCUT2D eigenvalue weighted by Crippen LogP contribution is 2.28. The van der Waals surface area contributed by atoms with E-state index in [4.69, 9.17) is 8.94 Å². The molecule has 0 atom stereocenters. The monoisotopic (exact) mass is 317 g/mol. The molecule has 0 aliphatic rings. The summed E-state index contributed by atoms with van der Waals surface area (Å²) in [4.78, 5) is 4.18. The number of allylic oxidation sites excluding steroid dienone is 1. The van der Waals surface area contributed by atoms with Gasteiger partial charge in [0.25, 0.3) is 0 Å². The molecule has 3 rings (SSSR count). The first-order valence-corrected chi connectivity index (χ1v) is 7.68. The van der Waals surface area contributed by atoms with Gasteiger partial charge in [0, 0.05) is 6.54 Å². The normalized spacial score (nSPS) is 11.0. The summed E-state index contributed by atoms with van der Waals surface area (Å²) in [7, 11) is 0. The third-order valence-electron chi connectivity index (χ3n) is 3.02. The molecular weight excluding hydrogens is 302 g/mol. The second-order valence-electron chi connectivity index (χ2n) is 4.62. The maximum atomic E-state index is 5.35. The minimum Gasteiger partial charge on any atom is -0.469 e. The van der Waals surface area contributed by atoms with Crippen LogP contribution in [0.1, 0.15) is 17.5 Å². The molecule has 0 unspecified atom stereocenters. The third kappa shape index (κ3) is 2.82. The van der Waals surface area contributed by atoms with Gasteiger partial charge in [-0.2, -0.15) is 4.98 Å². The van der Waals surface area contributed by atoms with Gasteiger partial charge >= 0.3 is 0 Å². The largest absolute Gasteiger partial charge is 0.469 e. The van der Waals surface area contributed by atoms with Gasteiger partial charge in [0.15, 0.2) is 16.8 Å². The average Bonchev–Trinajstić information content (AvgIpc) is 3.18. The minimum absolute atomic E-state index is 0.542. The van der Waals surface area contributed by atoms with Crippen molar-refractivity contribution in [2.75, 3.05) is 0 Å². The molecule has 0 amide bonds. The third-order valence-corrected chi connectivity index (χ3v) is 3.97. The zero-order valence-electron chi connectivity index (χ0n) is 12.3. The van der Waals surface area contributed by atoms with Crippen molar-refractivity contribution < 1.29 is 8.94 Å². The molecule has 8 heteroatoms. The first kappa shape index (κ1) is 14.6. The highest BCUT2D eigenvalue weighted by Gasteiger charge is 2.17. The standard InChI is InChI=1S/C14H15N5O2S/c1-4-6-19-13(11-5-7-20-9(11)2)16-17-14(19)22-8-12-15-10(3)18-21-12/h4-5,7H,1,6,8H2,2-3H3. The van der Waals surface area contributed by atoms with Crippen molar-refractivity contribution in [1.29, 1.82) is 0 Å². The number of furan rings is 1. The van der Waals surface area contributed by atoms with Gasteiger partial charge in [0.2, 0.25) is 5.89 Å². The lowest BCUT2D eigenvalue weighted by Gasteiger charge is -2.06. The highest BCUT2D eigenvalue weighted by atomic mass is 32.2. The zero-order valence-corrected chi connectivity index (χ0v) is 13.1. The van der Waals surface area contributed by atoms with Crippen molar-refractivity contribution in [2.45, 2.75) is 31.3 Å². The Bertz CT molecular complexity index is 789. The van der Waals surface area contributed by atoms with Gasteiger partial charge in [-0.3, -0.25) is 4.57 Å². The summed E-state index contributed by atoms with van der Waals surface area (Å²) in [5, 5.41) is 13.1. The lowest BCUT2D eigenvalue weighted by molar-refractivity contribution is 0.387. The molecule has 3 aromatic rings. The van der Waals surface area contributed by atoms with Crippen LogP contribution in [-0.4, -0.2) is 24.9 Å². The summed E-state index contributed by atoms with van der Waals surface area (Å²) in [5.74, 6) is 3.30. The number of hydrogen-bond acceptors (Lipinski definition) is 7. The minimum atomic E-state index is 0.542. The van der Waals surface area contributed by atoms with Gasteiger partial charge in [0.05, 0.1) is 17.6 Å². The van der Waals surface area contributed by atoms with Crippen molar-refractivity contribution in [1.82, 2.24) is 24.9 Å². The van der Waals surface area contributed by atoms with Crippen LogP contribution in [0.5, 0.6) is 0 Å². The van der Waals surface area contributed by atoms with Crippen molar-refractivity contribution in [3.8, 4) is 11.4 Å². The van der Waals surface area contributed by atoms with Gasteiger partial charge < -0.3 is 8.94 Å².